The lowest BCUT2D eigenvalue weighted by Crippen LogP contribution is -2.23. The molecule has 0 atom stereocenters. The molecule has 3 heteroatoms. The second-order valence-corrected chi connectivity index (χ2v) is 4.39. The maximum Gasteiger partial charge on any atom is 0.0992 e. The van der Waals surface area contributed by atoms with Crippen molar-refractivity contribution in [2.75, 3.05) is 17.2 Å². The number of anilines is 2. The second-order valence-electron chi connectivity index (χ2n) is 4.39. The fourth-order valence-corrected chi connectivity index (χ4v) is 2.08. The van der Waals surface area contributed by atoms with Crippen LogP contribution in [0.5, 0.6) is 0 Å². The van der Waals surface area contributed by atoms with Gasteiger partial charge in [-0.2, -0.15) is 5.26 Å². The van der Waals surface area contributed by atoms with Crippen LogP contribution >= 0.6 is 0 Å². The number of nitriles is 1. The third-order valence-electron chi connectivity index (χ3n) is 3.10. The summed E-state index contributed by atoms with van der Waals surface area (Å²) in [6.45, 7) is 3.78. The van der Waals surface area contributed by atoms with Crippen LogP contribution in [0.25, 0.3) is 0 Å². The number of rotatable bonds is 4. The molecule has 0 fully saturated rings. The van der Waals surface area contributed by atoms with Crippen LogP contribution in [0.1, 0.15) is 18.1 Å². The van der Waals surface area contributed by atoms with Crippen LogP contribution in [0.4, 0.5) is 11.4 Å². The maximum absolute atomic E-state index is 8.86. The Morgan fingerprint density at radius 2 is 1.89 bits per heavy atom. The Morgan fingerprint density at radius 3 is 2.47 bits per heavy atom. The molecule has 0 saturated carbocycles. The fourth-order valence-electron chi connectivity index (χ4n) is 2.08. The Bertz CT molecular complexity index is 585. The van der Waals surface area contributed by atoms with E-state index < -0.39 is 0 Å². The van der Waals surface area contributed by atoms with Crippen LogP contribution in [-0.4, -0.2) is 6.54 Å². The van der Waals surface area contributed by atoms with Gasteiger partial charge in [-0.3, -0.25) is 0 Å². The molecule has 2 aromatic carbocycles. The molecule has 0 aliphatic rings. The first-order chi connectivity index (χ1) is 9.24. The van der Waals surface area contributed by atoms with Crippen molar-refractivity contribution < 1.29 is 0 Å². The Morgan fingerprint density at radius 1 is 1.16 bits per heavy atom. The van der Waals surface area contributed by atoms with Gasteiger partial charge in [0.25, 0.3) is 0 Å². The molecule has 0 heterocycles. The molecule has 0 aromatic heterocycles. The third kappa shape index (κ3) is 3.05. The van der Waals surface area contributed by atoms with Gasteiger partial charge in [-0.05, 0) is 30.7 Å². The molecular formula is C16H17N3. The minimum Gasteiger partial charge on any atom is -0.397 e. The Kier molecular flexibility index (Phi) is 4.04. The van der Waals surface area contributed by atoms with E-state index in [0.29, 0.717) is 11.3 Å². The molecule has 2 N–H and O–H groups in total. The average molecular weight is 251 g/mol. The second kappa shape index (κ2) is 5.92. The summed E-state index contributed by atoms with van der Waals surface area (Å²) in [6, 6.07) is 17.8. The van der Waals surface area contributed by atoms with Gasteiger partial charge in [0.15, 0.2) is 0 Å². The summed E-state index contributed by atoms with van der Waals surface area (Å²) in [5, 5.41) is 8.86. The van der Waals surface area contributed by atoms with Crippen LogP contribution in [0.3, 0.4) is 0 Å². The maximum atomic E-state index is 8.86. The van der Waals surface area contributed by atoms with Crippen LogP contribution < -0.4 is 10.6 Å². The van der Waals surface area contributed by atoms with Crippen molar-refractivity contribution in [1.82, 2.24) is 0 Å². The van der Waals surface area contributed by atoms with E-state index in [4.69, 9.17) is 11.0 Å². The van der Waals surface area contributed by atoms with Crippen molar-refractivity contribution in [3.05, 3.63) is 59.7 Å². The summed E-state index contributed by atoms with van der Waals surface area (Å²) in [7, 11) is 0. The number of nitrogens with two attached hydrogens (primary N) is 1. The topological polar surface area (TPSA) is 53.0 Å². The molecule has 0 spiro atoms. The minimum atomic E-state index is 0.594. The van der Waals surface area contributed by atoms with E-state index in [-0.39, 0.29) is 0 Å². The highest BCUT2D eigenvalue weighted by molar-refractivity contribution is 5.69. The molecule has 0 saturated heterocycles. The molecule has 0 aliphatic carbocycles. The summed E-state index contributed by atoms with van der Waals surface area (Å²) < 4.78 is 0. The largest absolute Gasteiger partial charge is 0.397 e. The van der Waals surface area contributed by atoms with Crippen molar-refractivity contribution in [2.24, 2.45) is 0 Å². The average Bonchev–Trinajstić information content (AvgIpc) is 2.46. The number of hydrogen-bond acceptors (Lipinski definition) is 3. The standard InChI is InChI=1S/C16H17N3/c1-2-19(12-13-6-4-3-5-7-13)16-9-8-14(11-17)10-15(16)18/h3-10H,2,12,18H2,1H3. The van der Waals surface area contributed by atoms with E-state index >= 15 is 0 Å². The predicted molar refractivity (Wildman–Crippen MR) is 78.7 cm³/mol. The molecule has 0 amide bonds. The van der Waals surface area contributed by atoms with Gasteiger partial charge in [0.2, 0.25) is 0 Å². The van der Waals surface area contributed by atoms with Gasteiger partial charge in [-0.15, -0.1) is 0 Å². The highest BCUT2D eigenvalue weighted by atomic mass is 15.1. The van der Waals surface area contributed by atoms with Gasteiger partial charge in [-0.1, -0.05) is 30.3 Å². The first-order valence-electron chi connectivity index (χ1n) is 6.33. The lowest BCUT2D eigenvalue weighted by molar-refractivity contribution is 0.833. The highest BCUT2D eigenvalue weighted by Gasteiger charge is 2.09. The van der Waals surface area contributed by atoms with Crippen molar-refractivity contribution in [2.45, 2.75) is 13.5 Å². The monoisotopic (exact) mass is 251 g/mol. The molecule has 0 radical (unpaired) electrons. The minimum absolute atomic E-state index is 0.594. The summed E-state index contributed by atoms with van der Waals surface area (Å²) >= 11 is 0. The number of benzene rings is 2. The van der Waals surface area contributed by atoms with Crippen LogP contribution in [0.2, 0.25) is 0 Å². The zero-order valence-corrected chi connectivity index (χ0v) is 11.0. The number of nitrogens with zero attached hydrogens (tertiary/aromatic N) is 2. The predicted octanol–water partition coefficient (Wildman–Crippen LogP) is 3.17. The molecule has 2 aromatic rings. The molecule has 96 valence electrons. The molecule has 2 rings (SSSR count). The van der Waals surface area contributed by atoms with E-state index in [1.54, 1.807) is 12.1 Å². The third-order valence-corrected chi connectivity index (χ3v) is 3.10. The lowest BCUT2D eigenvalue weighted by Gasteiger charge is -2.24. The summed E-state index contributed by atoms with van der Waals surface area (Å²) in [6.07, 6.45) is 0. The van der Waals surface area contributed by atoms with E-state index in [2.05, 4.69) is 30.0 Å². The van der Waals surface area contributed by atoms with Gasteiger partial charge in [0.1, 0.15) is 0 Å². The molecule has 3 nitrogen and oxygen atoms in total. The smallest absolute Gasteiger partial charge is 0.0992 e. The van der Waals surface area contributed by atoms with E-state index in [1.165, 1.54) is 5.56 Å². The molecule has 0 aliphatic heterocycles. The van der Waals surface area contributed by atoms with Gasteiger partial charge in [-0.25, -0.2) is 0 Å². The zero-order valence-electron chi connectivity index (χ0n) is 11.0. The van der Waals surface area contributed by atoms with E-state index in [1.807, 2.05) is 24.3 Å². The fraction of sp³-hybridized carbons (Fsp3) is 0.188. The normalized spacial score (nSPS) is 9.89. The molecule has 0 bridgehead atoms. The van der Waals surface area contributed by atoms with Crippen LogP contribution in [-0.2, 0) is 6.54 Å². The van der Waals surface area contributed by atoms with Gasteiger partial charge < -0.3 is 10.6 Å². The van der Waals surface area contributed by atoms with Gasteiger partial charge >= 0.3 is 0 Å². The Labute approximate surface area is 113 Å². The van der Waals surface area contributed by atoms with Gasteiger partial charge in [0, 0.05) is 13.1 Å². The molecule has 19 heavy (non-hydrogen) atoms. The Hall–Kier alpha value is -2.47. The van der Waals surface area contributed by atoms with Crippen molar-refractivity contribution in [3.8, 4) is 6.07 Å². The lowest BCUT2D eigenvalue weighted by atomic mass is 10.1. The Balaban J connectivity index is 2.25. The van der Waals surface area contributed by atoms with Crippen LogP contribution in [0.15, 0.2) is 48.5 Å². The number of nitrogen functional groups attached to an aromatic ring is 1. The number of hydrogen-bond donors (Lipinski definition) is 1. The summed E-state index contributed by atoms with van der Waals surface area (Å²) in [5.41, 5.74) is 9.50. The highest BCUT2D eigenvalue weighted by Crippen LogP contribution is 2.25. The van der Waals surface area contributed by atoms with Crippen molar-refractivity contribution in [1.29, 1.82) is 5.26 Å². The van der Waals surface area contributed by atoms with E-state index in [0.717, 1.165) is 18.8 Å². The van der Waals surface area contributed by atoms with Crippen LogP contribution in [0, 0.1) is 11.3 Å². The summed E-state index contributed by atoms with van der Waals surface area (Å²) in [5.74, 6) is 0. The van der Waals surface area contributed by atoms with Crippen molar-refractivity contribution >= 4 is 11.4 Å². The molecule has 0 unspecified atom stereocenters. The first-order valence-corrected chi connectivity index (χ1v) is 6.33. The quantitative estimate of drug-likeness (QED) is 0.849. The summed E-state index contributed by atoms with van der Waals surface area (Å²) in [4.78, 5) is 2.20. The van der Waals surface area contributed by atoms with E-state index in [9.17, 15) is 0 Å². The molecular weight excluding hydrogens is 234 g/mol. The zero-order chi connectivity index (χ0) is 13.7. The van der Waals surface area contributed by atoms with Crippen molar-refractivity contribution in [3.63, 3.8) is 0 Å². The van der Waals surface area contributed by atoms with Gasteiger partial charge in [0.05, 0.1) is 23.0 Å². The first kappa shape index (κ1) is 13.0. The SMILES string of the molecule is CCN(Cc1ccccc1)c1ccc(C#N)cc1N.